The lowest BCUT2D eigenvalue weighted by molar-refractivity contribution is 0.675. The molecule has 0 atom stereocenters. The molecule has 0 unspecified atom stereocenters. The molecule has 0 aromatic carbocycles. The highest BCUT2D eigenvalue weighted by Crippen LogP contribution is 2.07. The summed E-state index contributed by atoms with van der Waals surface area (Å²) in [5.41, 5.74) is 2.37. The second-order valence-corrected chi connectivity index (χ2v) is 4.16. The SMILES string of the molecule is CCCNCc1cnn(-c2cc(C)ccn2)c1. The normalized spacial score (nSPS) is 10.7. The lowest BCUT2D eigenvalue weighted by Crippen LogP contribution is -2.13. The van der Waals surface area contributed by atoms with E-state index in [1.54, 1.807) is 6.20 Å². The van der Waals surface area contributed by atoms with E-state index in [-0.39, 0.29) is 0 Å². The Morgan fingerprint density at radius 3 is 3.06 bits per heavy atom. The van der Waals surface area contributed by atoms with Gasteiger partial charge in [-0.05, 0) is 37.6 Å². The molecule has 0 saturated heterocycles. The third-order valence-corrected chi connectivity index (χ3v) is 2.53. The van der Waals surface area contributed by atoms with Crippen LogP contribution in [0.25, 0.3) is 5.82 Å². The summed E-state index contributed by atoms with van der Waals surface area (Å²) in [7, 11) is 0. The van der Waals surface area contributed by atoms with Crippen molar-refractivity contribution in [1.82, 2.24) is 20.1 Å². The molecule has 4 nitrogen and oxygen atoms in total. The average molecular weight is 230 g/mol. The number of nitrogens with zero attached hydrogens (tertiary/aromatic N) is 3. The second kappa shape index (κ2) is 5.59. The maximum absolute atomic E-state index is 4.32. The van der Waals surface area contributed by atoms with E-state index in [0.717, 1.165) is 25.3 Å². The zero-order chi connectivity index (χ0) is 12.1. The predicted octanol–water partition coefficient (Wildman–Crippen LogP) is 2.08. The van der Waals surface area contributed by atoms with Crippen molar-refractivity contribution in [2.75, 3.05) is 6.54 Å². The van der Waals surface area contributed by atoms with Crippen LogP contribution in [0.2, 0.25) is 0 Å². The lowest BCUT2D eigenvalue weighted by atomic mass is 10.3. The third kappa shape index (κ3) is 3.14. The molecule has 2 aromatic rings. The van der Waals surface area contributed by atoms with E-state index in [2.05, 4.69) is 29.2 Å². The summed E-state index contributed by atoms with van der Waals surface area (Å²) in [6.45, 7) is 6.11. The average Bonchev–Trinajstić information content (AvgIpc) is 2.78. The van der Waals surface area contributed by atoms with Crippen molar-refractivity contribution >= 4 is 0 Å². The first-order chi connectivity index (χ1) is 8.29. The van der Waals surface area contributed by atoms with Crippen molar-refractivity contribution < 1.29 is 0 Å². The lowest BCUT2D eigenvalue weighted by Gasteiger charge is -2.01. The molecular formula is C13H18N4. The molecule has 0 fully saturated rings. The molecule has 2 rings (SSSR count). The Kier molecular flexibility index (Phi) is 3.88. The van der Waals surface area contributed by atoms with Crippen LogP contribution < -0.4 is 5.32 Å². The Bertz CT molecular complexity index is 476. The van der Waals surface area contributed by atoms with Gasteiger partial charge in [0.25, 0.3) is 0 Å². The van der Waals surface area contributed by atoms with Gasteiger partial charge in [0.05, 0.1) is 6.20 Å². The van der Waals surface area contributed by atoms with Gasteiger partial charge in [0, 0.05) is 24.5 Å². The Morgan fingerprint density at radius 1 is 1.41 bits per heavy atom. The molecule has 0 aliphatic heterocycles. The van der Waals surface area contributed by atoms with Crippen LogP contribution in [0.15, 0.2) is 30.7 Å². The first-order valence-corrected chi connectivity index (χ1v) is 5.97. The molecule has 0 aliphatic carbocycles. The summed E-state index contributed by atoms with van der Waals surface area (Å²) in [5, 5.41) is 7.67. The predicted molar refractivity (Wildman–Crippen MR) is 68.1 cm³/mol. The van der Waals surface area contributed by atoms with Gasteiger partial charge in [-0.25, -0.2) is 9.67 Å². The highest BCUT2D eigenvalue weighted by molar-refractivity contribution is 5.26. The molecule has 4 heteroatoms. The van der Waals surface area contributed by atoms with Crippen molar-refractivity contribution in [1.29, 1.82) is 0 Å². The zero-order valence-electron chi connectivity index (χ0n) is 10.3. The summed E-state index contributed by atoms with van der Waals surface area (Å²) >= 11 is 0. The summed E-state index contributed by atoms with van der Waals surface area (Å²) in [6.07, 6.45) is 6.85. The van der Waals surface area contributed by atoms with E-state index in [1.165, 1.54) is 11.1 Å². The second-order valence-electron chi connectivity index (χ2n) is 4.16. The number of aryl methyl sites for hydroxylation is 1. The first-order valence-electron chi connectivity index (χ1n) is 5.97. The highest BCUT2D eigenvalue weighted by Gasteiger charge is 2.01. The number of hydrogen-bond acceptors (Lipinski definition) is 3. The topological polar surface area (TPSA) is 42.7 Å². The van der Waals surface area contributed by atoms with Crippen LogP contribution in [0.1, 0.15) is 24.5 Å². The van der Waals surface area contributed by atoms with E-state index in [0.29, 0.717) is 0 Å². The Morgan fingerprint density at radius 2 is 2.29 bits per heavy atom. The number of aromatic nitrogens is 3. The van der Waals surface area contributed by atoms with Crippen LogP contribution in [0, 0.1) is 6.92 Å². The number of pyridine rings is 1. The van der Waals surface area contributed by atoms with Gasteiger partial charge in [0.2, 0.25) is 0 Å². The Balaban J connectivity index is 2.07. The van der Waals surface area contributed by atoms with Gasteiger partial charge in [-0.2, -0.15) is 5.10 Å². The number of rotatable bonds is 5. The van der Waals surface area contributed by atoms with Gasteiger partial charge in [-0.3, -0.25) is 0 Å². The molecule has 0 bridgehead atoms. The van der Waals surface area contributed by atoms with Crippen molar-refractivity contribution in [2.24, 2.45) is 0 Å². The van der Waals surface area contributed by atoms with Gasteiger partial charge in [-0.1, -0.05) is 6.92 Å². The molecule has 0 aliphatic rings. The molecule has 0 amide bonds. The van der Waals surface area contributed by atoms with Crippen molar-refractivity contribution in [3.05, 3.63) is 41.9 Å². The maximum Gasteiger partial charge on any atom is 0.153 e. The Labute approximate surface area is 102 Å². The standard InChI is InChI=1S/C13H18N4/c1-3-5-14-8-12-9-16-17(10-12)13-7-11(2)4-6-15-13/h4,6-7,9-10,14H,3,5,8H2,1-2H3. The van der Waals surface area contributed by atoms with Crippen LogP contribution in [-0.2, 0) is 6.54 Å². The first kappa shape index (κ1) is 11.8. The van der Waals surface area contributed by atoms with Crippen molar-refractivity contribution in [2.45, 2.75) is 26.8 Å². The van der Waals surface area contributed by atoms with E-state index < -0.39 is 0 Å². The largest absolute Gasteiger partial charge is 0.313 e. The van der Waals surface area contributed by atoms with Crippen molar-refractivity contribution in [3.8, 4) is 5.82 Å². The number of nitrogens with one attached hydrogen (secondary N) is 1. The van der Waals surface area contributed by atoms with Crippen LogP contribution in [0.4, 0.5) is 0 Å². The minimum Gasteiger partial charge on any atom is -0.313 e. The monoisotopic (exact) mass is 230 g/mol. The molecule has 0 saturated carbocycles. The van der Waals surface area contributed by atoms with Crippen LogP contribution >= 0.6 is 0 Å². The van der Waals surface area contributed by atoms with E-state index in [4.69, 9.17) is 0 Å². The van der Waals surface area contributed by atoms with Gasteiger partial charge < -0.3 is 5.32 Å². The Hall–Kier alpha value is -1.68. The summed E-state index contributed by atoms with van der Waals surface area (Å²) in [5.74, 6) is 0.867. The van der Waals surface area contributed by atoms with E-state index in [9.17, 15) is 0 Å². The fraction of sp³-hybridized carbons (Fsp3) is 0.385. The van der Waals surface area contributed by atoms with Crippen LogP contribution in [0.3, 0.4) is 0 Å². The summed E-state index contributed by atoms with van der Waals surface area (Å²) < 4.78 is 1.82. The van der Waals surface area contributed by atoms with E-state index >= 15 is 0 Å². The minimum absolute atomic E-state index is 0.861. The molecule has 0 radical (unpaired) electrons. The van der Waals surface area contributed by atoms with Gasteiger partial charge in [0.1, 0.15) is 0 Å². The molecule has 90 valence electrons. The van der Waals surface area contributed by atoms with E-state index in [1.807, 2.05) is 29.2 Å². The molecule has 2 aromatic heterocycles. The summed E-state index contributed by atoms with van der Waals surface area (Å²) in [6, 6.07) is 4.01. The quantitative estimate of drug-likeness (QED) is 0.800. The molecule has 0 spiro atoms. The highest BCUT2D eigenvalue weighted by atomic mass is 15.3. The third-order valence-electron chi connectivity index (χ3n) is 2.53. The molecule has 17 heavy (non-hydrogen) atoms. The molecular weight excluding hydrogens is 212 g/mol. The fourth-order valence-corrected chi connectivity index (χ4v) is 1.63. The fourth-order valence-electron chi connectivity index (χ4n) is 1.63. The minimum atomic E-state index is 0.861. The summed E-state index contributed by atoms with van der Waals surface area (Å²) in [4.78, 5) is 4.30. The van der Waals surface area contributed by atoms with Gasteiger partial charge in [-0.15, -0.1) is 0 Å². The maximum atomic E-state index is 4.32. The van der Waals surface area contributed by atoms with Gasteiger partial charge >= 0.3 is 0 Å². The molecule has 1 N–H and O–H groups in total. The van der Waals surface area contributed by atoms with Crippen LogP contribution in [0.5, 0.6) is 0 Å². The van der Waals surface area contributed by atoms with Crippen LogP contribution in [-0.4, -0.2) is 21.3 Å². The molecule has 2 heterocycles. The number of hydrogen-bond donors (Lipinski definition) is 1. The van der Waals surface area contributed by atoms with Crippen molar-refractivity contribution in [3.63, 3.8) is 0 Å². The van der Waals surface area contributed by atoms with Gasteiger partial charge in [0.15, 0.2) is 5.82 Å². The zero-order valence-corrected chi connectivity index (χ0v) is 10.3. The smallest absolute Gasteiger partial charge is 0.153 e.